The number of halogens is 1. The summed E-state index contributed by atoms with van der Waals surface area (Å²) in [6.07, 6.45) is 5.97. The van der Waals surface area contributed by atoms with E-state index in [1.165, 1.54) is 12.1 Å². The van der Waals surface area contributed by atoms with Gasteiger partial charge in [0.2, 0.25) is 5.91 Å². The minimum Gasteiger partial charge on any atom is -0.354 e. The van der Waals surface area contributed by atoms with Crippen molar-refractivity contribution >= 4 is 37.5 Å². The molecule has 7 nitrogen and oxygen atoms in total. The second kappa shape index (κ2) is 9.71. The van der Waals surface area contributed by atoms with Gasteiger partial charge < -0.3 is 9.88 Å². The standard InChI is InChI=1S/C20H21BrN4O3S/c21-17-7-9-18(10-8-17)25(29(27,28)19-5-2-1-3-6-19)15-20(26)23-11-4-13-24-14-12-22-16-24/h1-3,5-10,12,14,16H,4,11,13,15H2,(H,23,26). The Morgan fingerprint density at radius 1 is 1.10 bits per heavy atom. The molecule has 0 spiro atoms. The first kappa shape index (κ1) is 21.1. The summed E-state index contributed by atoms with van der Waals surface area (Å²) in [5.74, 6) is -0.363. The molecule has 0 unspecified atom stereocenters. The molecule has 0 aliphatic rings. The summed E-state index contributed by atoms with van der Waals surface area (Å²) in [7, 11) is -3.88. The average Bonchev–Trinajstić information content (AvgIpc) is 3.24. The number of hydrogen-bond acceptors (Lipinski definition) is 4. The number of rotatable bonds is 9. The Kier molecular flexibility index (Phi) is 7.05. The maximum atomic E-state index is 13.2. The van der Waals surface area contributed by atoms with E-state index in [0.29, 0.717) is 18.7 Å². The normalized spacial score (nSPS) is 11.2. The molecule has 1 N–H and O–H groups in total. The molecule has 1 heterocycles. The number of carbonyl (C=O) groups is 1. The van der Waals surface area contributed by atoms with Crippen LogP contribution in [0.5, 0.6) is 0 Å². The number of benzene rings is 2. The lowest BCUT2D eigenvalue weighted by atomic mass is 10.3. The number of aromatic nitrogens is 2. The van der Waals surface area contributed by atoms with Crippen LogP contribution in [0, 0.1) is 0 Å². The first-order chi connectivity index (χ1) is 14.0. The zero-order valence-corrected chi connectivity index (χ0v) is 18.0. The van der Waals surface area contributed by atoms with E-state index in [9.17, 15) is 13.2 Å². The highest BCUT2D eigenvalue weighted by molar-refractivity contribution is 9.10. The zero-order chi connectivity index (χ0) is 20.7. The molecule has 0 aliphatic heterocycles. The molecule has 0 atom stereocenters. The van der Waals surface area contributed by atoms with Gasteiger partial charge in [0, 0.05) is 30.0 Å². The maximum Gasteiger partial charge on any atom is 0.264 e. The van der Waals surface area contributed by atoms with Crippen molar-refractivity contribution in [3.8, 4) is 0 Å². The third kappa shape index (κ3) is 5.68. The van der Waals surface area contributed by atoms with Crippen LogP contribution >= 0.6 is 15.9 Å². The van der Waals surface area contributed by atoms with Crippen LogP contribution in [0.2, 0.25) is 0 Å². The summed E-state index contributed by atoms with van der Waals surface area (Å²) in [5.41, 5.74) is 0.422. The smallest absolute Gasteiger partial charge is 0.264 e. The topological polar surface area (TPSA) is 84.3 Å². The van der Waals surface area contributed by atoms with Gasteiger partial charge in [-0.25, -0.2) is 13.4 Å². The van der Waals surface area contributed by atoms with E-state index < -0.39 is 10.0 Å². The van der Waals surface area contributed by atoms with Gasteiger partial charge in [-0.3, -0.25) is 9.10 Å². The highest BCUT2D eigenvalue weighted by Gasteiger charge is 2.26. The average molecular weight is 477 g/mol. The number of anilines is 1. The SMILES string of the molecule is O=C(CN(c1ccc(Br)cc1)S(=O)(=O)c1ccccc1)NCCCn1ccnc1. The monoisotopic (exact) mass is 476 g/mol. The minimum atomic E-state index is -3.88. The van der Waals surface area contributed by atoms with Crippen molar-refractivity contribution in [3.05, 3.63) is 77.8 Å². The quantitative estimate of drug-likeness (QED) is 0.481. The number of nitrogens with zero attached hydrogens (tertiary/aromatic N) is 3. The van der Waals surface area contributed by atoms with E-state index in [1.54, 1.807) is 55.0 Å². The first-order valence-corrected chi connectivity index (χ1v) is 11.3. The molecule has 29 heavy (non-hydrogen) atoms. The van der Waals surface area contributed by atoms with E-state index >= 15 is 0 Å². The van der Waals surface area contributed by atoms with Gasteiger partial charge in [0.05, 0.1) is 16.9 Å². The van der Waals surface area contributed by atoms with Gasteiger partial charge in [-0.2, -0.15) is 0 Å². The molecule has 0 fully saturated rings. The van der Waals surface area contributed by atoms with Gasteiger partial charge in [0.1, 0.15) is 6.54 Å². The predicted molar refractivity (Wildman–Crippen MR) is 115 cm³/mol. The Balaban J connectivity index is 1.71. The van der Waals surface area contributed by atoms with E-state index in [4.69, 9.17) is 0 Å². The summed E-state index contributed by atoms with van der Waals surface area (Å²) >= 11 is 3.35. The third-order valence-corrected chi connectivity index (χ3v) is 6.52. The molecule has 0 saturated carbocycles. The molecule has 152 valence electrons. The fourth-order valence-electron chi connectivity index (χ4n) is 2.74. The molecular formula is C20H21BrN4O3S. The van der Waals surface area contributed by atoms with Crippen molar-refractivity contribution in [1.82, 2.24) is 14.9 Å². The first-order valence-electron chi connectivity index (χ1n) is 9.02. The Morgan fingerprint density at radius 3 is 2.48 bits per heavy atom. The number of hydrogen-bond donors (Lipinski definition) is 1. The lowest BCUT2D eigenvalue weighted by Gasteiger charge is -2.24. The fraction of sp³-hybridized carbons (Fsp3) is 0.200. The van der Waals surface area contributed by atoms with Crippen LogP contribution in [0.3, 0.4) is 0 Å². The largest absolute Gasteiger partial charge is 0.354 e. The maximum absolute atomic E-state index is 13.2. The van der Waals surface area contributed by atoms with Gasteiger partial charge in [0.15, 0.2) is 0 Å². The molecule has 0 aliphatic carbocycles. The van der Waals surface area contributed by atoms with E-state index in [-0.39, 0.29) is 17.3 Å². The Bertz CT molecular complexity index is 1020. The van der Waals surface area contributed by atoms with Gasteiger partial charge in [0.25, 0.3) is 10.0 Å². The summed E-state index contributed by atoms with van der Waals surface area (Å²) in [6, 6.07) is 14.9. The van der Waals surface area contributed by atoms with Crippen LogP contribution in [-0.2, 0) is 21.4 Å². The van der Waals surface area contributed by atoms with Crippen molar-refractivity contribution in [2.75, 3.05) is 17.4 Å². The molecule has 1 amide bonds. The minimum absolute atomic E-state index is 0.135. The number of sulfonamides is 1. The fourth-order valence-corrected chi connectivity index (χ4v) is 4.44. The molecule has 0 saturated heterocycles. The van der Waals surface area contributed by atoms with Crippen molar-refractivity contribution in [3.63, 3.8) is 0 Å². The zero-order valence-electron chi connectivity index (χ0n) is 15.6. The van der Waals surface area contributed by atoms with Crippen molar-refractivity contribution in [2.24, 2.45) is 0 Å². The molecule has 2 aromatic carbocycles. The summed E-state index contributed by atoms with van der Waals surface area (Å²) in [6.45, 7) is 0.861. The van der Waals surface area contributed by atoms with Crippen LogP contribution in [0.15, 0.2) is 82.7 Å². The number of amides is 1. The van der Waals surface area contributed by atoms with E-state index in [0.717, 1.165) is 15.3 Å². The second-order valence-corrected chi connectivity index (χ2v) is 9.08. The number of carbonyl (C=O) groups excluding carboxylic acids is 1. The van der Waals surface area contributed by atoms with Crippen LogP contribution < -0.4 is 9.62 Å². The summed E-state index contributed by atoms with van der Waals surface area (Å²) in [5, 5.41) is 2.79. The van der Waals surface area contributed by atoms with Crippen molar-refractivity contribution in [2.45, 2.75) is 17.9 Å². The van der Waals surface area contributed by atoms with E-state index in [2.05, 4.69) is 26.2 Å². The van der Waals surface area contributed by atoms with Crippen LogP contribution in [0.1, 0.15) is 6.42 Å². The predicted octanol–water partition coefficient (Wildman–Crippen LogP) is 3.05. The van der Waals surface area contributed by atoms with Crippen LogP contribution in [0.4, 0.5) is 5.69 Å². The lowest BCUT2D eigenvalue weighted by Crippen LogP contribution is -2.41. The third-order valence-electron chi connectivity index (χ3n) is 4.21. The van der Waals surface area contributed by atoms with Gasteiger partial charge in [-0.05, 0) is 42.8 Å². The van der Waals surface area contributed by atoms with Crippen molar-refractivity contribution in [1.29, 1.82) is 0 Å². The highest BCUT2D eigenvalue weighted by Crippen LogP contribution is 2.25. The molecule has 0 radical (unpaired) electrons. The Hall–Kier alpha value is -2.65. The van der Waals surface area contributed by atoms with E-state index in [1.807, 2.05) is 10.8 Å². The molecule has 1 aromatic heterocycles. The number of aryl methyl sites for hydroxylation is 1. The number of nitrogens with one attached hydrogen (secondary N) is 1. The summed E-state index contributed by atoms with van der Waals surface area (Å²) < 4.78 is 30.2. The molecule has 3 rings (SSSR count). The molecule has 0 bridgehead atoms. The highest BCUT2D eigenvalue weighted by atomic mass is 79.9. The molecule has 9 heteroatoms. The van der Waals surface area contributed by atoms with Crippen LogP contribution in [0.25, 0.3) is 0 Å². The Labute approximate surface area is 178 Å². The Morgan fingerprint density at radius 2 is 1.83 bits per heavy atom. The molecular weight excluding hydrogens is 456 g/mol. The number of imidazole rings is 1. The lowest BCUT2D eigenvalue weighted by molar-refractivity contribution is -0.119. The van der Waals surface area contributed by atoms with Gasteiger partial charge >= 0.3 is 0 Å². The van der Waals surface area contributed by atoms with Crippen molar-refractivity contribution < 1.29 is 13.2 Å². The summed E-state index contributed by atoms with van der Waals surface area (Å²) in [4.78, 5) is 16.6. The van der Waals surface area contributed by atoms with Gasteiger partial charge in [-0.15, -0.1) is 0 Å². The van der Waals surface area contributed by atoms with Gasteiger partial charge in [-0.1, -0.05) is 34.1 Å². The molecule has 3 aromatic rings. The second-order valence-electron chi connectivity index (χ2n) is 6.31. The van der Waals surface area contributed by atoms with Crippen LogP contribution in [-0.4, -0.2) is 37.0 Å².